The minimum Gasteiger partial charge on any atom is -0.362 e. The first kappa shape index (κ1) is 18.9. The van der Waals surface area contributed by atoms with Crippen LogP contribution in [0.25, 0.3) is 0 Å². The van der Waals surface area contributed by atoms with Crippen molar-refractivity contribution in [2.24, 2.45) is 5.10 Å². The molecule has 2 rings (SSSR count). The second-order valence-corrected chi connectivity index (χ2v) is 6.57. The SMILES string of the molecule is CCCCCC1=NN(C(=O)c2ccccc2Br)C(O)(C(F)(F)F)C1. The molecule has 0 aliphatic carbocycles. The van der Waals surface area contributed by atoms with Crippen molar-refractivity contribution in [3.05, 3.63) is 34.3 Å². The van der Waals surface area contributed by atoms with Crippen LogP contribution in [0, 0.1) is 0 Å². The first-order valence-corrected chi connectivity index (χ1v) is 8.44. The molecule has 0 fully saturated rings. The number of unbranched alkanes of at least 4 members (excludes halogenated alkanes) is 2. The molecule has 24 heavy (non-hydrogen) atoms. The molecule has 0 radical (unpaired) electrons. The summed E-state index contributed by atoms with van der Waals surface area (Å²) in [6, 6.07) is 6.10. The van der Waals surface area contributed by atoms with Crippen molar-refractivity contribution >= 4 is 27.5 Å². The van der Waals surface area contributed by atoms with Gasteiger partial charge in [0.1, 0.15) is 0 Å². The standard InChI is InChI=1S/C16H18BrF3N2O2/c1-2-3-4-7-11-10-15(24,16(18,19)20)22(21-11)14(23)12-8-5-6-9-13(12)17/h5-6,8-9,24H,2-4,7,10H2,1H3. The largest absolute Gasteiger partial charge is 0.438 e. The van der Waals surface area contributed by atoms with Crippen LogP contribution >= 0.6 is 15.9 Å². The van der Waals surface area contributed by atoms with E-state index in [1.165, 1.54) is 12.1 Å². The van der Waals surface area contributed by atoms with Gasteiger partial charge in [-0.25, -0.2) is 0 Å². The van der Waals surface area contributed by atoms with Gasteiger partial charge in [0.05, 0.1) is 5.56 Å². The van der Waals surface area contributed by atoms with E-state index in [9.17, 15) is 23.1 Å². The average Bonchev–Trinajstić information content (AvgIpc) is 2.85. The molecule has 0 aromatic heterocycles. The lowest BCUT2D eigenvalue weighted by Crippen LogP contribution is -2.56. The molecule has 132 valence electrons. The van der Waals surface area contributed by atoms with E-state index in [2.05, 4.69) is 21.0 Å². The van der Waals surface area contributed by atoms with Crippen LogP contribution in [0.5, 0.6) is 0 Å². The maximum atomic E-state index is 13.4. The zero-order chi connectivity index (χ0) is 18.0. The molecule has 0 saturated heterocycles. The van der Waals surface area contributed by atoms with Crippen LogP contribution in [0.1, 0.15) is 49.4 Å². The number of hydrogen-bond donors (Lipinski definition) is 1. The quantitative estimate of drug-likeness (QED) is 0.732. The minimum atomic E-state index is -5.00. The fraction of sp³-hybridized carbons (Fsp3) is 0.500. The van der Waals surface area contributed by atoms with E-state index in [1.54, 1.807) is 12.1 Å². The van der Waals surface area contributed by atoms with Gasteiger partial charge in [0, 0.05) is 16.6 Å². The molecule has 0 saturated carbocycles. The van der Waals surface area contributed by atoms with Crippen molar-refractivity contribution in [1.82, 2.24) is 5.01 Å². The molecular formula is C16H18BrF3N2O2. The van der Waals surface area contributed by atoms with Crippen molar-refractivity contribution in [2.45, 2.75) is 50.9 Å². The van der Waals surface area contributed by atoms with E-state index in [0.29, 0.717) is 17.3 Å². The van der Waals surface area contributed by atoms with Crippen LogP contribution in [-0.2, 0) is 0 Å². The number of amides is 1. The predicted molar refractivity (Wildman–Crippen MR) is 87.5 cm³/mol. The third-order valence-corrected chi connectivity index (χ3v) is 4.55. The van der Waals surface area contributed by atoms with Crippen LogP contribution in [-0.4, -0.2) is 33.6 Å². The number of halogens is 4. The molecule has 1 amide bonds. The summed E-state index contributed by atoms with van der Waals surface area (Å²) in [7, 11) is 0. The first-order chi connectivity index (χ1) is 11.2. The van der Waals surface area contributed by atoms with Gasteiger partial charge in [0.25, 0.3) is 11.6 Å². The Kier molecular flexibility index (Phi) is 5.70. The van der Waals surface area contributed by atoms with Gasteiger partial charge >= 0.3 is 6.18 Å². The molecule has 1 aromatic rings. The van der Waals surface area contributed by atoms with Crippen molar-refractivity contribution in [3.63, 3.8) is 0 Å². The van der Waals surface area contributed by atoms with Gasteiger partial charge in [-0.2, -0.15) is 23.3 Å². The molecule has 1 aliphatic heterocycles. The highest BCUT2D eigenvalue weighted by Gasteiger charge is 2.63. The Morgan fingerprint density at radius 3 is 2.62 bits per heavy atom. The van der Waals surface area contributed by atoms with Gasteiger partial charge in [-0.3, -0.25) is 4.79 Å². The number of carbonyl (C=O) groups excluding carboxylic acids is 1. The zero-order valence-electron chi connectivity index (χ0n) is 13.1. The zero-order valence-corrected chi connectivity index (χ0v) is 14.7. The number of aliphatic hydroxyl groups is 1. The summed E-state index contributed by atoms with van der Waals surface area (Å²) in [5.74, 6) is -0.993. The van der Waals surface area contributed by atoms with Crippen LogP contribution in [0.3, 0.4) is 0 Å². The van der Waals surface area contributed by atoms with Crippen molar-refractivity contribution in [2.75, 3.05) is 0 Å². The van der Waals surface area contributed by atoms with E-state index in [4.69, 9.17) is 0 Å². The van der Waals surface area contributed by atoms with Crippen LogP contribution < -0.4 is 0 Å². The number of benzene rings is 1. The highest BCUT2D eigenvalue weighted by Crippen LogP contribution is 2.42. The molecule has 0 spiro atoms. The Labute approximate surface area is 146 Å². The van der Waals surface area contributed by atoms with Gasteiger partial charge in [-0.15, -0.1) is 0 Å². The van der Waals surface area contributed by atoms with Gasteiger partial charge < -0.3 is 5.11 Å². The Morgan fingerprint density at radius 1 is 1.38 bits per heavy atom. The second-order valence-electron chi connectivity index (χ2n) is 5.71. The summed E-state index contributed by atoms with van der Waals surface area (Å²) in [6.45, 7) is 1.98. The lowest BCUT2D eigenvalue weighted by Gasteiger charge is -2.32. The Bertz CT molecular complexity index is 648. The fourth-order valence-corrected chi connectivity index (χ4v) is 2.97. The lowest BCUT2D eigenvalue weighted by atomic mass is 10.0. The fourth-order valence-electron chi connectivity index (χ4n) is 2.52. The summed E-state index contributed by atoms with van der Waals surface area (Å²) in [5, 5.41) is 14.2. The minimum absolute atomic E-state index is 0.0127. The molecule has 1 aromatic carbocycles. The van der Waals surface area contributed by atoms with Crippen LogP contribution in [0.2, 0.25) is 0 Å². The number of hydrogen-bond acceptors (Lipinski definition) is 3. The van der Waals surface area contributed by atoms with Crippen LogP contribution in [0.4, 0.5) is 13.2 Å². The summed E-state index contributed by atoms with van der Waals surface area (Å²) in [4.78, 5) is 12.5. The van der Waals surface area contributed by atoms with E-state index >= 15 is 0 Å². The Hall–Kier alpha value is -1.41. The highest BCUT2D eigenvalue weighted by molar-refractivity contribution is 9.10. The molecule has 0 bridgehead atoms. The summed E-state index contributed by atoms with van der Waals surface area (Å²) in [5.41, 5.74) is -3.11. The maximum absolute atomic E-state index is 13.4. The van der Waals surface area contributed by atoms with Gasteiger partial charge in [0.2, 0.25) is 0 Å². The third kappa shape index (κ3) is 3.64. The van der Waals surface area contributed by atoms with Gasteiger partial charge in [0.15, 0.2) is 0 Å². The summed E-state index contributed by atoms with van der Waals surface area (Å²) >= 11 is 3.14. The number of hydrazone groups is 1. The van der Waals surface area contributed by atoms with E-state index in [-0.39, 0.29) is 16.3 Å². The normalized spacial score (nSPS) is 21.1. The Balaban J connectivity index is 2.34. The summed E-state index contributed by atoms with van der Waals surface area (Å²) in [6.07, 6.45) is -2.96. The molecule has 1 atom stereocenters. The number of nitrogens with zero attached hydrogens (tertiary/aromatic N) is 2. The molecule has 1 unspecified atom stereocenters. The lowest BCUT2D eigenvalue weighted by molar-refractivity contribution is -0.297. The van der Waals surface area contributed by atoms with Crippen molar-refractivity contribution in [1.29, 1.82) is 0 Å². The molecule has 4 nitrogen and oxygen atoms in total. The van der Waals surface area contributed by atoms with Gasteiger partial charge in [-0.05, 0) is 40.9 Å². The summed E-state index contributed by atoms with van der Waals surface area (Å²) < 4.78 is 40.6. The predicted octanol–water partition coefficient (Wildman–Crippen LogP) is 4.48. The maximum Gasteiger partial charge on any atom is 0.438 e. The third-order valence-electron chi connectivity index (χ3n) is 3.86. The van der Waals surface area contributed by atoms with Crippen molar-refractivity contribution < 1.29 is 23.1 Å². The molecule has 8 heteroatoms. The monoisotopic (exact) mass is 406 g/mol. The topological polar surface area (TPSA) is 52.9 Å². The Morgan fingerprint density at radius 2 is 2.04 bits per heavy atom. The van der Waals surface area contributed by atoms with E-state index < -0.39 is 24.2 Å². The van der Waals surface area contributed by atoms with Gasteiger partial charge in [-0.1, -0.05) is 31.9 Å². The molecule has 1 N–H and O–H groups in total. The van der Waals surface area contributed by atoms with E-state index in [0.717, 1.165) is 12.8 Å². The first-order valence-electron chi connectivity index (χ1n) is 7.65. The number of alkyl halides is 3. The number of carbonyl (C=O) groups is 1. The highest BCUT2D eigenvalue weighted by atomic mass is 79.9. The average molecular weight is 407 g/mol. The van der Waals surface area contributed by atoms with Crippen LogP contribution in [0.15, 0.2) is 33.8 Å². The smallest absolute Gasteiger partial charge is 0.362 e. The molecular weight excluding hydrogens is 389 g/mol. The van der Waals surface area contributed by atoms with Crippen molar-refractivity contribution in [3.8, 4) is 0 Å². The molecule has 1 heterocycles. The number of rotatable bonds is 5. The second kappa shape index (κ2) is 7.23. The van der Waals surface area contributed by atoms with E-state index in [1.807, 2.05) is 6.92 Å². The molecule has 1 aliphatic rings.